The lowest BCUT2D eigenvalue weighted by molar-refractivity contribution is 0.169. The Bertz CT molecular complexity index is 502. The molecule has 3 rings (SSSR count). The van der Waals surface area contributed by atoms with Crippen LogP contribution in [0.3, 0.4) is 0 Å². The van der Waals surface area contributed by atoms with E-state index in [1.54, 1.807) is 6.07 Å². The van der Waals surface area contributed by atoms with Crippen LogP contribution in [0, 0.1) is 17.7 Å². The molecule has 0 aliphatic heterocycles. The Morgan fingerprint density at radius 2 is 1.57 bits per heavy atom. The predicted octanol–water partition coefficient (Wildman–Crippen LogP) is 6.22. The van der Waals surface area contributed by atoms with E-state index in [1.165, 1.54) is 44.2 Å². The van der Waals surface area contributed by atoms with Gasteiger partial charge in [-0.3, -0.25) is 0 Å². The third kappa shape index (κ3) is 4.05. The van der Waals surface area contributed by atoms with Crippen molar-refractivity contribution in [3.63, 3.8) is 0 Å². The Hall–Kier alpha value is -1.12. The van der Waals surface area contributed by atoms with Gasteiger partial charge in [0.15, 0.2) is 0 Å². The highest BCUT2D eigenvalue weighted by atomic mass is 19.2. The van der Waals surface area contributed by atoms with Crippen molar-refractivity contribution in [2.45, 2.75) is 77.2 Å². The molecule has 0 unspecified atom stereocenters. The van der Waals surface area contributed by atoms with Crippen LogP contribution in [0.1, 0.15) is 70.3 Å². The summed E-state index contributed by atoms with van der Waals surface area (Å²) in [6, 6.07) is 4.53. The minimum Gasteiger partial charge on any atom is -0.209 e. The number of anilines is 1. The van der Waals surface area contributed by atoms with Crippen LogP contribution < -0.4 is 5.12 Å². The molecule has 1 nitrogen and oxygen atoms in total. The molecule has 0 atom stereocenters. The molecule has 3 heteroatoms. The lowest BCUT2D eigenvalue weighted by Crippen LogP contribution is -2.34. The maximum atomic E-state index is 14.8. The van der Waals surface area contributed by atoms with Crippen LogP contribution in [-0.4, -0.2) is 6.04 Å². The normalized spacial score (nSPS) is 26.2. The molecule has 0 saturated heterocycles. The first-order valence-electron chi connectivity index (χ1n) is 9.42. The molecule has 0 amide bonds. The molecule has 0 heterocycles. The summed E-state index contributed by atoms with van der Waals surface area (Å²) >= 11 is 0. The van der Waals surface area contributed by atoms with E-state index in [2.05, 4.69) is 0 Å². The van der Waals surface area contributed by atoms with E-state index in [9.17, 15) is 8.87 Å². The molecule has 0 N–H and O–H groups in total. The molecule has 128 valence electrons. The third-order valence-corrected chi connectivity index (χ3v) is 5.98. The fourth-order valence-corrected chi connectivity index (χ4v) is 4.58. The summed E-state index contributed by atoms with van der Waals surface area (Å²) in [6.45, 7) is 1.97. The number of rotatable bonds is 4. The molecule has 1 aromatic carbocycles. The SMILES string of the molecule is CCc1cc(F)cc(N(F)C2CCC(C3CCCCC3)CC2)c1. The number of halogens is 2. The maximum Gasteiger partial charge on any atom is 0.125 e. The second-order valence-corrected chi connectivity index (χ2v) is 7.45. The molecule has 0 radical (unpaired) electrons. The van der Waals surface area contributed by atoms with Gasteiger partial charge >= 0.3 is 0 Å². The van der Waals surface area contributed by atoms with Crippen LogP contribution >= 0.6 is 0 Å². The van der Waals surface area contributed by atoms with Crippen molar-refractivity contribution in [1.29, 1.82) is 0 Å². The molecule has 2 saturated carbocycles. The van der Waals surface area contributed by atoms with E-state index in [0.717, 1.165) is 54.6 Å². The molecule has 0 spiro atoms. The molecular weight excluding hydrogens is 292 g/mol. The Morgan fingerprint density at radius 1 is 0.913 bits per heavy atom. The van der Waals surface area contributed by atoms with Gasteiger partial charge in [0.05, 0.1) is 11.7 Å². The smallest absolute Gasteiger partial charge is 0.125 e. The highest BCUT2D eigenvalue weighted by Gasteiger charge is 2.31. The fourth-order valence-electron chi connectivity index (χ4n) is 4.58. The molecule has 2 aliphatic rings. The Morgan fingerprint density at radius 3 is 2.22 bits per heavy atom. The zero-order valence-electron chi connectivity index (χ0n) is 14.2. The summed E-state index contributed by atoms with van der Waals surface area (Å²) < 4.78 is 28.4. The van der Waals surface area contributed by atoms with Crippen LogP contribution in [-0.2, 0) is 6.42 Å². The van der Waals surface area contributed by atoms with Crippen molar-refractivity contribution in [3.05, 3.63) is 29.6 Å². The van der Waals surface area contributed by atoms with E-state index < -0.39 is 0 Å². The topological polar surface area (TPSA) is 3.24 Å². The van der Waals surface area contributed by atoms with Gasteiger partial charge in [0.25, 0.3) is 0 Å². The predicted molar refractivity (Wildman–Crippen MR) is 91.7 cm³/mol. The molecule has 0 aromatic heterocycles. The molecule has 1 aromatic rings. The van der Waals surface area contributed by atoms with Crippen LogP contribution in [0.2, 0.25) is 0 Å². The number of benzene rings is 1. The van der Waals surface area contributed by atoms with Gasteiger partial charge in [0.1, 0.15) is 5.82 Å². The van der Waals surface area contributed by atoms with Crippen LogP contribution in [0.4, 0.5) is 14.6 Å². The Balaban J connectivity index is 1.59. The average molecular weight is 321 g/mol. The van der Waals surface area contributed by atoms with Crippen molar-refractivity contribution < 1.29 is 8.87 Å². The largest absolute Gasteiger partial charge is 0.209 e. The Labute approximate surface area is 139 Å². The Kier molecular flexibility index (Phi) is 5.55. The summed E-state index contributed by atoms with van der Waals surface area (Å²) in [5, 5.41) is 0.833. The second-order valence-electron chi connectivity index (χ2n) is 7.45. The molecule has 2 aliphatic carbocycles. The van der Waals surface area contributed by atoms with E-state index in [1.807, 2.05) is 6.92 Å². The monoisotopic (exact) mass is 321 g/mol. The first kappa shape index (κ1) is 16.7. The second kappa shape index (κ2) is 7.63. The molecule has 23 heavy (non-hydrogen) atoms. The van der Waals surface area contributed by atoms with Gasteiger partial charge in [-0.05, 0) is 67.7 Å². The zero-order valence-corrected chi connectivity index (χ0v) is 14.2. The number of hydrogen-bond acceptors (Lipinski definition) is 1. The van der Waals surface area contributed by atoms with Gasteiger partial charge < -0.3 is 0 Å². The third-order valence-electron chi connectivity index (χ3n) is 5.98. The lowest BCUT2D eigenvalue weighted by Gasteiger charge is -2.37. The minimum atomic E-state index is -0.335. The summed E-state index contributed by atoms with van der Waals surface area (Å²) in [5.41, 5.74) is 1.25. The van der Waals surface area contributed by atoms with Crippen molar-refractivity contribution in [2.75, 3.05) is 5.12 Å². The van der Waals surface area contributed by atoms with E-state index in [0.29, 0.717) is 5.69 Å². The standard InChI is InChI=1S/C20H29F2N/c1-2-15-12-18(21)14-20(13-15)23(22)19-10-8-17(9-11-19)16-6-4-3-5-7-16/h12-14,16-17,19H,2-11H2,1H3. The van der Waals surface area contributed by atoms with Crippen molar-refractivity contribution in [3.8, 4) is 0 Å². The number of nitrogens with zero attached hydrogens (tertiary/aromatic N) is 1. The quantitative estimate of drug-likeness (QED) is 0.595. The summed E-state index contributed by atoms with van der Waals surface area (Å²) in [7, 11) is 0. The first-order valence-corrected chi connectivity index (χ1v) is 9.42. The van der Waals surface area contributed by atoms with E-state index >= 15 is 0 Å². The fraction of sp³-hybridized carbons (Fsp3) is 0.700. The zero-order chi connectivity index (χ0) is 16.2. The summed E-state index contributed by atoms with van der Waals surface area (Å²) in [6.07, 6.45) is 11.7. The van der Waals surface area contributed by atoms with Crippen molar-refractivity contribution >= 4 is 5.69 Å². The molecular formula is C20H29F2N. The van der Waals surface area contributed by atoms with Crippen LogP contribution in [0.25, 0.3) is 0 Å². The average Bonchev–Trinajstić information content (AvgIpc) is 2.61. The van der Waals surface area contributed by atoms with Gasteiger partial charge in [-0.2, -0.15) is 0 Å². The molecule has 0 bridgehead atoms. The maximum absolute atomic E-state index is 14.8. The minimum absolute atomic E-state index is 0.0821. The van der Waals surface area contributed by atoms with Gasteiger partial charge in [-0.25, -0.2) is 9.51 Å². The van der Waals surface area contributed by atoms with Crippen molar-refractivity contribution in [2.24, 2.45) is 11.8 Å². The van der Waals surface area contributed by atoms with E-state index in [4.69, 9.17) is 0 Å². The first-order chi connectivity index (χ1) is 11.2. The van der Waals surface area contributed by atoms with Gasteiger partial charge in [-0.15, -0.1) is 0 Å². The number of aryl methyl sites for hydroxylation is 1. The van der Waals surface area contributed by atoms with Gasteiger partial charge in [0, 0.05) is 0 Å². The van der Waals surface area contributed by atoms with Gasteiger partial charge in [0.2, 0.25) is 0 Å². The highest BCUT2D eigenvalue weighted by Crippen LogP contribution is 2.40. The van der Waals surface area contributed by atoms with Gasteiger partial charge in [-0.1, -0.05) is 43.5 Å². The summed E-state index contributed by atoms with van der Waals surface area (Å²) in [5.74, 6) is 1.33. The highest BCUT2D eigenvalue weighted by molar-refractivity contribution is 5.47. The van der Waals surface area contributed by atoms with Crippen molar-refractivity contribution in [1.82, 2.24) is 0 Å². The van der Waals surface area contributed by atoms with Crippen LogP contribution in [0.5, 0.6) is 0 Å². The van der Waals surface area contributed by atoms with Crippen LogP contribution in [0.15, 0.2) is 18.2 Å². The van der Waals surface area contributed by atoms with E-state index in [-0.39, 0.29) is 11.9 Å². The number of hydrogen-bond donors (Lipinski definition) is 0. The molecule has 2 fully saturated rings. The summed E-state index contributed by atoms with van der Waals surface area (Å²) in [4.78, 5) is 0. The lowest BCUT2D eigenvalue weighted by atomic mass is 9.72.